The fourth-order valence-electron chi connectivity index (χ4n) is 3.86. The molecule has 2 N–H and O–H groups in total. The molecule has 0 radical (unpaired) electrons. The molecule has 4 atom stereocenters. The molecule has 11 nitrogen and oxygen atoms in total. The van der Waals surface area contributed by atoms with Crippen LogP contribution in [0.2, 0.25) is 36.3 Å². The number of nitrogens with zero attached hydrogens (tertiary/aromatic N) is 3. The third-order valence-corrected chi connectivity index (χ3v) is 18.2. The number of hydrogen-bond acceptors (Lipinski definition) is 10. The lowest BCUT2D eigenvalue weighted by atomic mass is 9.89. The van der Waals surface area contributed by atoms with E-state index in [0.29, 0.717) is 5.69 Å². The van der Waals surface area contributed by atoms with Gasteiger partial charge in [0.15, 0.2) is 28.5 Å². The summed E-state index contributed by atoms with van der Waals surface area (Å²) < 4.78 is 58.0. The van der Waals surface area contributed by atoms with E-state index in [0.717, 1.165) is 5.41 Å². The van der Waals surface area contributed by atoms with Crippen LogP contribution in [0.1, 0.15) is 53.5 Å². The number of hydrogen-bond donors (Lipinski definition) is 1. The second-order valence-electron chi connectivity index (χ2n) is 13.0. The van der Waals surface area contributed by atoms with Crippen LogP contribution in [0.3, 0.4) is 0 Å². The number of methoxy groups -OCH3 is 1. The van der Waals surface area contributed by atoms with E-state index < -0.39 is 50.8 Å². The molecule has 1 fully saturated rings. The van der Waals surface area contributed by atoms with Gasteiger partial charge in [0.2, 0.25) is 0 Å². The van der Waals surface area contributed by atoms with Crippen molar-refractivity contribution in [3.05, 3.63) is 23.0 Å². The van der Waals surface area contributed by atoms with Crippen molar-refractivity contribution in [2.75, 3.05) is 13.7 Å². The molecule has 0 aliphatic carbocycles. The second kappa shape index (κ2) is 9.80. The first-order valence-electron chi connectivity index (χ1n) is 12.5. The third-order valence-electron chi connectivity index (χ3n) is 8.18. The summed E-state index contributed by atoms with van der Waals surface area (Å²) in [4.78, 5) is 0. The summed E-state index contributed by atoms with van der Waals surface area (Å²) in [7, 11) is -7.24. The number of rotatable bonds is 8. The molecule has 1 aromatic rings. The monoisotopic (exact) mass is 576 g/mol. The van der Waals surface area contributed by atoms with Gasteiger partial charge < -0.3 is 24.1 Å². The Morgan fingerprint density at radius 1 is 1.11 bits per heavy atom. The summed E-state index contributed by atoms with van der Waals surface area (Å²) >= 11 is 0. The molecule has 2 aliphatic heterocycles. The van der Waals surface area contributed by atoms with E-state index >= 15 is 0 Å². The van der Waals surface area contributed by atoms with Crippen molar-refractivity contribution in [1.82, 2.24) is 15.0 Å². The highest BCUT2D eigenvalue weighted by Gasteiger charge is 2.67. The van der Waals surface area contributed by atoms with Crippen LogP contribution < -0.4 is 5.73 Å². The van der Waals surface area contributed by atoms with Crippen LogP contribution in [0.25, 0.3) is 0 Å². The highest BCUT2D eigenvalue weighted by molar-refractivity contribution is 7.90. The Kier molecular flexibility index (Phi) is 8.06. The van der Waals surface area contributed by atoms with Crippen LogP contribution in [-0.2, 0) is 39.2 Å². The fraction of sp³-hybridized carbons (Fsp3) is 0.826. The lowest BCUT2D eigenvalue weighted by Crippen LogP contribution is -2.59. The van der Waals surface area contributed by atoms with Crippen molar-refractivity contribution < 1.29 is 30.9 Å². The van der Waals surface area contributed by atoms with Gasteiger partial charge in [-0.25, -0.2) is 8.86 Å². The lowest BCUT2D eigenvalue weighted by molar-refractivity contribution is -0.0595. The van der Waals surface area contributed by atoms with Crippen molar-refractivity contribution in [3.8, 4) is 0 Å². The van der Waals surface area contributed by atoms with Gasteiger partial charge in [-0.1, -0.05) is 46.8 Å². The number of nitrogens with two attached hydrogens (primary N) is 1. The van der Waals surface area contributed by atoms with Crippen molar-refractivity contribution in [2.45, 2.75) is 108 Å². The first kappa shape index (κ1) is 30.4. The predicted octanol–water partition coefficient (Wildman–Crippen LogP) is 3.63. The molecule has 0 saturated carbocycles. The minimum atomic E-state index is -4.08. The standard InChI is InChI=1S/C23H44N4O7SSi2/c1-21(2,3)36(8,9)31-14-18-23(17(24)15-35(28,29)34-23)19(33-37(10,11)22(4,5)6)20(32-18)27-12-16(13-30-7)25-26-27/h12,15,18-20H,13-14,24H2,1-11H3/t18-,19+,20-,23?/m1/s1. The summed E-state index contributed by atoms with van der Waals surface area (Å²) in [5.74, 6) is 0. The van der Waals surface area contributed by atoms with Gasteiger partial charge in [-0.05, 0) is 36.3 Å². The zero-order chi connectivity index (χ0) is 28.2. The van der Waals surface area contributed by atoms with Gasteiger partial charge in [-0.2, -0.15) is 8.42 Å². The van der Waals surface area contributed by atoms with E-state index in [-0.39, 0.29) is 29.0 Å². The number of ether oxygens (including phenoxy) is 2. The van der Waals surface area contributed by atoms with Crippen molar-refractivity contribution in [2.24, 2.45) is 5.73 Å². The van der Waals surface area contributed by atoms with Crippen LogP contribution in [0.5, 0.6) is 0 Å². The predicted molar refractivity (Wildman–Crippen MR) is 145 cm³/mol. The van der Waals surface area contributed by atoms with Gasteiger partial charge in [0, 0.05) is 7.11 Å². The normalized spacial score (nSPS) is 28.7. The molecule has 3 rings (SSSR count). The van der Waals surface area contributed by atoms with Crippen molar-refractivity contribution in [1.29, 1.82) is 0 Å². The summed E-state index contributed by atoms with van der Waals surface area (Å²) in [6.45, 7) is 21.5. The van der Waals surface area contributed by atoms with Crippen molar-refractivity contribution in [3.63, 3.8) is 0 Å². The zero-order valence-electron chi connectivity index (χ0n) is 24.0. The molecule has 14 heteroatoms. The topological polar surface area (TPSA) is 137 Å². The Hall–Kier alpha value is -1.14. The molecule has 1 unspecified atom stereocenters. The fourth-order valence-corrected chi connectivity index (χ4v) is 7.36. The molecule has 3 heterocycles. The van der Waals surface area contributed by atoms with Gasteiger partial charge in [0.1, 0.15) is 17.9 Å². The molecule has 0 aromatic carbocycles. The highest BCUT2D eigenvalue weighted by atomic mass is 32.2. The van der Waals surface area contributed by atoms with Gasteiger partial charge >= 0.3 is 0 Å². The number of aromatic nitrogens is 3. The average molecular weight is 577 g/mol. The van der Waals surface area contributed by atoms with Crippen molar-refractivity contribution >= 4 is 26.8 Å². The van der Waals surface area contributed by atoms with E-state index in [9.17, 15) is 8.42 Å². The van der Waals surface area contributed by atoms with Crippen LogP contribution in [0, 0.1) is 0 Å². The van der Waals surface area contributed by atoms with Crippen LogP contribution in [0.4, 0.5) is 0 Å². The smallest absolute Gasteiger partial charge is 0.292 e. The van der Waals surface area contributed by atoms with E-state index in [1.54, 1.807) is 13.3 Å². The quantitative estimate of drug-likeness (QED) is 0.361. The Labute approximate surface area is 223 Å². The molecule has 212 valence electrons. The summed E-state index contributed by atoms with van der Waals surface area (Å²) in [5, 5.41) is 9.13. The largest absolute Gasteiger partial charge is 0.414 e. The minimum Gasteiger partial charge on any atom is -0.414 e. The van der Waals surface area contributed by atoms with E-state index in [1.165, 1.54) is 4.68 Å². The van der Waals surface area contributed by atoms with Gasteiger partial charge in [0.05, 0.1) is 30.5 Å². The van der Waals surface area contributed by atoms with E-state index in [4.69, 9.17) is 28.2 Å². The molecule has 1 aromatic heterocycles. The summed E-state index contributed by atoms with van der Waals surface area (Å²) in [6.07, 6.45) is -0.956. The lowest BCUT2D eigenvalue weighted by Gasteiger charge is -2.43. The maximum absolute atomic E-state index is 12.8. The molecule has 2 aliphatic rings. The highest BCUT2D eigenvalue weighted by Crippen LogP contribution is 2.52. The van der Waals surface area contributed by atoms with Crippen LogP contribution in [-0.4, -0.2) is 71.6 Å². The third kappa shape index (κ3) is 5.76. The SMILES string of the molecule is COCc1cn([C@@H]2O[C@H](CO[Si](C)(C)C(C)(C)C)C3(OS(=O)(=O)C=C3N)[C@H]2O[Si](C)(C)C(C)(C)C)nn1. The molecule has 1 spiro atoms. The molecule has 1 saturated heterocycles. The van der Waals surface area contributed by atoms with Crippen LogP contribution >= 0.6 is 0 Å². The van der Waals surface area contributed by atoms with E-state index in [2.05, 4.69) is 78.0 Å². The Morgan fingerprint density at radius 2 is 1.70 bits per heavy atom. The Balaban J connectivity index is 2.13. The Morgan fingerprint density at radius 3 is 2.19 bits per heavy atom. The first-order valence-corrected chi connectivity index (χ1v) is 19.8. The molecule has 0 bridgehead atoms. The summed E-state index contributed by atoms with van der Waals surface area (Å²) in [5.41, 5.74) is 5.49. The first-order chi connectivity index (χ1) is 16.7. The van der Waals surface area contributed by atoms with Crippen LogP contribution in [0.15, 0.2) is 17.3 Å². The van der Waals surface area contributed by atoms with Gasteiger partial charge in [-0.3, -0.25) is 0 Å². The molecular formula is C23H44N4O7SSi2. The minimum absolute atomic E-state index is 0.0276. The maximum Gasteiger partial charge on any atom is 0.292 e. The molecule has 0 amide bonds. The van der Waals surface area contributed by atoms with Gasteiger partial charge in [0.25, 0.3) is 10.1 Å². The summed E-state index contributed by atoms with van der Waals surface area (Å²) in [6, 6.07) is 0. The van der Waals surface area contributed by atoms with Gasteiger partial charge in [-0.15, -0.1) is 5.10 Å². The second-order valence-corrected chi connectivity index (χ2v) is 23.9. The van der Waals surface area contributed by atoms with E-state index in [1.807, 2.05) is 0 Å². The zero-order valence-corrected chi connectivity index (χ0v) is 26.8. The molecule has 37 heavy (non-hydrogen) atoms. The average Bonchev–Trinajstić information content (AvgIpc) is 3.35. The molecular weight excluding hydrogens is 533 g/mol. The Bertz CT molecular complexity index is 1120. The maximum atomic E-state index is 12.8.